The second-order valence-corrected chi connectivity index (χ2v) is 11.0. The quantitative estimate of drug-likeness (QED) is 0.433. The number of likely N-dealkylation sites (N-methyl/N-ethyl adjacent to an activating group) is 1. The Morgan fingerprint density at radius 2 is 2.08 bits per heavy atom. The average molecular weight is 541 g/mol. The number of likely N-dealkylation sites (tertiary alicyclic amines) is 1. The highest BCUT2D eigenvalue weighted by molar-refractivity contribution is 5.92. The summed E-state index contributed by atoms with van der Waals surface area (Å²) in [6, 6.07) is 11.2. The van der Waals surface area contributed by atoms with Gasteiger partial charge in [-0.15, -0.1) is 19.8 Å². The minimum absolute atomic E-state index is 0.0655. The molecule has 2 aliphatic carbocycles. The van der Waals surface area contributed by atoms with Crippen LogP contribution in [0.15, 0.2) is 61.2 Å². The van der Waals surface area contributed by atoms with E-state index in [1.165, 1.54) is 35.9 Å². The van der Waals surface area contributed by atoms with Gasteiger partial charge in [0.1, 0.15) is 17.6 Å². The topological polar surface area (TPSA) is 62.2 Å². The number of carbonyl (C=O) groups excluding carboxylic acids is 1. The predicted octanol–water partition coefficient (Wildman–Crippen LogP) is 4.47. The first-order valence-electron chi connectivity index (χ1n) is 13.2. The van der Waals surface area contributed by atoms with E-state index in [1.807, 2.05) is 18.2 Å². The fourth-order valence-electron chi connectivity index (χ4n) is 7.62. The van der Waals surface area contributed by atoms with Gasteiger partial charge in [-0.05, 0) is 67.6 Å². The van der Waals surface area contributed by atoms with Gasteiger partial charge < -0.3 is 19.5 Å². The van der Waals surface area contributed by atoms with Crippen LogP contribution in [0.4, 0.5) is 13.2 Å². The van der Waals surface area contributed by atoms with Gasteiger partial charge in [0.05, 0.1) is 17.1 Å². The SMILES string of the molecule is C=CCN1CC[C@]23c4c5cccc4OC2C(N(C)C(=O)/C=C/c2cccc(OC(F)(F)F)c2)CC[C@@]3(O)[C@H]1C5. The van der Waals surface area contributed by atoms with Crippen molar-refractivity contribution in [2.45, 2.75) is 61.2 Å². The van der Waals surface area contributed by atoms with E-state index in [0.29, 0.717) is 31.4 Å². The summed E-state index contributed by atoms with van der Waals surface area (Å²) in [7, 11) is 1.72. The van der Waals surface area contributed by atoms with Crippen LogP contribution in [0, 0.1) is 0 Å². The lowest BCUT2D eigenvalue weighted by atomic mass is 9.48. The van der Waals surface area contributed by atoms with E-state index in [4.69, 9.17) is 4.74 Å². The predicted molar refractivity (Wildman–Crippen MR) is 139 cm³/mol. The molecule has 1 spiro atoms. The molecule has 2 aromatic carbocycles. The van der Waals surface area contributed by atoms with Crippen LogP contribution >= 0.6 is 0 Å². The van der Waals surface area contributed by atoms with E-state index < -0.39 is 23.5 Å². The normalized spacial score (nSPS) is 30.9. The van der Waals surface area contributed by atoms with Crippen molar-refractivity contribution < 1.29 is 32.5 Å². The van der Waals surface area contributed by atoms with Crippen molar-refractivity contribution in [1.82, 2.24) is 9.80 Å². The Hall–Kier alpha value is -3.30. The minimum Gasteiger partial charge on any atom is -0.487 e. The molecule has 0 radical (unpaired) electrons. The summed E-state index contributed by atoms with van der Waals surface area (Å²) in [4.78, 5) is 17.3. The zero-order valence-electron chi connectivity index (χ0n) is 21.7. The molecule has 1 N–H and O–H groups in total. The Bertz CT molecular complexity index is 1340. The Morgan fingerprint density at radius 1 is 1.28 bits per heavy atom. The van der Waals surface area contributed by atoms with Gasteiger partial charge in [-0.2, -0.15) is 0 Å². The van der Waals surface area contributed by atoms with Crippen LogP contribution in [0.3, 0.4) is 0 Å². The molecule has 6 rings (SSSR count). The molecule has 39 heavy (non-hydrogen) atoms. The standard InChI is InChI=1S/C30H31F3N2O4/c1-3-15-35-16-14-28-26-20-7-5-9-23(26)38-27(28)22(12-13-29(28,37)24(35)18-20)34(2)25(36)11-10-19-6-4-8-21(17-19)39-30(31,32)33/h3-11,17,22,24,27,37H,1,12-16,18H2,2H3/b11-10+/t22?,24-,27?,28+,29-/m1/s1. The number of halogens is 3. The molecular formula is C30H31F3N2O4. The molecule has 1 saturated carbocycles. The van der Waals surface area contributed by atoms with E-state index in [1.54, 1.807) is 18.0 Å². The monoisotopic (exact) mass is 540 g/mol. The van der Waals surface area contributed by atoms with Crippen LogP contribution in [0.2, 0.25) is 0 Å². The number of nitrogens with zero attached hydrogens (tertiary/aromatic N) is 2. The summed E-state index contributed by atoms with van der Waals surface area (Å²) < 4.78 is 48.4. The van der Waals surface area contributed by atoms with E-state index in [9.17, 15) is 23.1 Å². The average Bonchev–Trinajstić information content (AvgIpc) is 3.22. The van der Waals surface area contributed by atoms with Crippen molar-refractivity contribution in [1.29, 1.82) is 0 Å². The van der Waals surface area contributed by atoms with Gasteiger partial charge in [0.25, 0.3) is 0 Å². The smallest absolute Gasteiger partial charge is 0.487 e. The molecule has 2 aromatic rings. The number of piperidine rings is 1. The number of alkyl halides is 3. The van der Waals surface area contributed by atoms with Gasteiger partial charge in [-0.3, -0.25) is 9.69 Å². The fourth-order valence-corrected chi connectivity index (χ4v) is 7.62. The molecule has 1 saturated heterocycles. The zero-order valence-corrected chi connectivity index (χ0v) is 21.7. The third kappa shape index (κ3) is 3.97. The second kappa shape index (κ2) is 9.13. The van der Waals surface area contributed by atoms with Crippen LogP contribution in [0.5, 0.6) is 11.5 Å². The first kappa shape index (κ1) is 26.0. The number of hydrogen-bond acceptors (Lipinski definition) is 5. The van der Waals surface area contributed by atoms with Gasteiger partial charge in [0.2, 0.25) is 5.91 Å². The molecule has 4 aliphatic rings. The Morgan fingerprint density at radius 3 is 2.85 bits per heavy atom. The number of ether oxygens (including phenoxy) is 2. The number of aliphatic hydroxyl groups is 1. The lowest BCUT2D eigenvalue weighted by Crippen LogP contribution is -2.78. The number of amides is 1. The van der Waals surface area contributed by atoms with E-state index in [-0.39, 0.29) is 23.7 Å². The minimum atomic E-state index is -4.79. The molecule has 2 aliphatic heterocycles. The van der Waals surface area contributed by atoms with Crippen LogP contribution in [-0.4, -0.2) is 71.1 Å². The van der Waals surface area contributed by atoms with Crippen LogP contribution in [0.1, 0.15) is 36.0 Å². The highest BCUT2D eigenvalue weighted by Crippen LogP contribution is 2.64. The summed E-state index contributed by atoms with van der Waals surface area (Å²) in [6.45, 7) is 5.41. The van der Waals surface area contributed by atoms with E-state index >= 15 is 0 Å². The summed E-state index contributed by atoms with van der Waals surface area (Å²) in [5.74, 6) is 0.148. The Balaban J connectivity index is 1.29. The fraction of sp³-hybridized carbons (Fsp3) is 0.433. The summed E-state index contributed by atoms with van der Waals surface area (Å²) >= 11 is 0. The van der Waals surface area contributed by atoms with Crippen molar-refractivity contribution in [3.8, 4) is 11.5 Å². The summed E-state index contributed by atoms with van der Waals surface area (Å²) in [5, 5.41) is 12.4. The van der Waals surface area contributed by atoms with Gasteiger partial charge in [0, 0.05) is 31.3 Å². The molecule has 206 valence electrons. The Kier molecular flexibility index (Phi) is 6.07. The van der Waals surface area contributed by atoms with Crippen molar-refractivity contribution in [2.24, 2.45) is 0 Å². The lowest BCUT2D eigenvalue weighted by Gasteiger charge is -2.64. The molecule has 6 nitrogen and oxygen atoms in total. The van der Waals surface area contributed by atoms with Gasteiger partial charge in [-0.1, -0.05) is 30.3 Å². The maximum Gasteiger partial charge on any atom is 0.573 e. The lowest BCUT2D eigenvalue weighted by molar-refractivity contribution is -0.274. The van der Waals surface area contributed by atoms with E-state index in [2.05, 4.69) is 22.3 Å². The summed E-state index contributed by atoms with van der Waals surface area (Å²) in [5.41, 5.74) is 1.08. The third-order valence-electron chi connectivity index (χ3n) is 9.16. The first-order valence-corrected chi connectivity index (χ1v) is 13.2. The molecule has 5 atom stereocenters. The Labute approximate surface area is 225 Å². The maximum absolute atomic E-state index is 13.3. The highest BCUT2D eigenvalue weighted by atomic mass is 19.4. The molecule has 2 fully saturated rings. The molecular weight excluding hydrogens is 509 g/mol. The maximum atomic E-state index is 13.3. The van der Waals surface area contributed by atoms with Crippen molar-refractivity contribution >= 4 is 12.0 Å². The first-order chi connectivity index (χ1) is 18.6. The third-order valence-corrected chi connectivity index (χ3v) is 9.16. The van der Waals surface area contributed by atoms with Gasteiger partial charge >= 0.3 is 6.36 Å². The number of hydrogen-bond donors (Lipinski definition) is 1. The van der Waals surface area contributed by atoms with Crippen LogP contribution in [0.25, 0.3) is 6.08 Å². The molecule has 2 unspecified atom stereocenters. The molecule has 9 heteroatoms. The van der Waals surface area contributed by atoms with Crippen molar-refractivity contribution in [2.75, 3.05) is 20.1 Å². The zero-order chi connectivity index (χ0) is 27.6. The van der Waals surface area contributed by atoms with Gasteiger partial charge in [-0.25, -0.2) is 0 Å². The van der Waals surface area contributed by atoms with Crippen LogP contribution < -0.4 is 9.47 Å². The number of carbonyl (C=O) groups is 1. The largest absolute Gasteiger partial charge is 0.573 e. The molecule has 1 amide bonds. The summed E-state index contributed by atoms with van der Waals surface area (Å²) in [6.07, 6.45) is 2.06. The van der Waals surface area contributed by atoms with Crippen LogP contribution in [-0.2, 0) is 16.6 Å². The second-order valence-electron chi connectivity index (χ2n) is 11.0. The van der Waals surface area contributed by atoms with E-state index in [0.717, 1.165) is 24.3 Å². The van der Waals surface area contributed by atoms with Crippen molar-refractivity contribution in [3.63, 3.8) is 0 Å². The number of rotatable bonds is 6. The van der Waals surface area contributed by atoms with Gasteiger partial charge in [0.15, 0.2) is 0 Å². The number of benzene rings is 2. The van der Waals surface area contributed by atoms with Crippen molar-refractivity contribution in [3.05, 3.63) is 77.9 Å². The molecule has 2 bridgehead atoms. The highest BCUT2D eigenvalue weighted by Gasteiger charge is 2.72. The molecule has 0 aromatic heterocycles. The molecule has 2 heterocycles.